The Bertz CT molecular complexity index is 2550. The highest BCUT2D eigenvalue weighted by molar-refractivity contribution is 7.99. The van der Waals surface area contributed by atoms with Crippen molar-refractivity contribution in [1.82, 2.24) is 9.55 Å². The van der Waals surface area contributed by atoms with Crippen molar-refractivity contribution in [2.45, 2.75) is 9.79 Å². The van der Waals surface area contributed by atoms with E-state index >= 15 is 0 Å². The predicted octanol–water partition coefficient (Wildman–Crippen LogP) is 13.8. The van der Waals surface area contributed by atoms with Crippen LogP contribution in [0.1, 0.15) is 0 Å². The molecule has 4 nitrogen and oxygen atoms in total. The molecule has 0 saturated carbocycles. The van der Waals surface area contributed by atoms with Gasteiger partial charge in [-0.3, -0.25) is 4.57 Å². The zero-order valence-electron chi connectivity index (χ0n) is 29.5. The first-order valence-corrected chi connectivity index (χ1v) is 18.9. The number of para-hydroxylation sites is 6. The fourth-order valence-electron chi connectivity index (χ4n) is 6.98. The van der Waals surface area contributed by atoms with Crippen molar-refractivity contribution < 1.29 is 0 Å². The molecule has 54 heavy (non-hydrogen) atoms. The van der Waals surface area contributed by atoms with E-state index in [-0.39, 0.29) is 0 Å². The lowest BCUT2D eigenvalue weighted by Gasteiger charge is -2.27. The quantitative estimate of drug-likeness (QED) is 0.141. The predicted molar refractivity (Wildman–Crippen MR) is 226 cm³/mol. The molecule has 0 aliphatic heterocycles. The maximum absolute atomic E-state index is 5.19. The van der Waals surface area contributed by atoms with Crippen LogP contribution < -0.4 is 9.80 Å². The van der Waals surface area contributed by atoms with E-state index < -0.39 is 0 Å². The standard InChI is InChI=1S/C49H36N4S/c1-6-19-37(20-7-1)49-50-47-31-16-17-32-48(47)53(49)44-33-43(52(40-25-12-4-13-26-40)41-27-14-5-15-28-41)35-46(36-44)54-45-30-18-29-42(34-45)51(38-21-8-2-9-22-38)39-23-10-3-11-24-39/h1-36H. The van der Waals surface area contributed by atoms with Crippen LogP contribution in [0.4, 0.5) is 34.1 Å². The van der Waals surface area contributed by atoms with Gasteiger partial charge in [0.05, 0.1) is 16.7 Å². The fourth-order valence-corrected chi connectivity index (χ4v) is 7.94. The summed E-state index contributed by atoms with van der Waals surface area (Å²) in [7, 11) is 0. The van der Waals surface area contributed by atoms with Crippen LogP contribution in [-0.2, 0) is 0 Å². The van der Waals surface area contributed by atoms with Gasteiger partial charge in [0.1, 0.15) is 5.82 Å². The number of nitrogens with zero attached hydrogens (tertiary/aromatic N) is 4. The average Bonchev–Trinajstić information content (AvgIpc) is 3.63. The first kappa shape index (κ1) is 33.0. The van der Waals surface area contributed by atoms with E-state index in [9.17, 15) is 0 Å². The molecule has 0 bridgehead atoms. The molecular formula is C49H36N4S. The summed E-state index contributed by atoms with van der Waals surface area (Å²) < 4.78 is 2.30. The van der Waals surface area contributed by atoms with Crippen LogP contribution in [0.15, 0.2) is 228 Å². The molecular weight excluding hydrogens is 677 g/mol. The SMILES string of the molecule is c1ccc(-c2nc3ccccc3n2-c2cc(Sc3cccc(N(c4ccccc4)c4ccccc4)c3)cc(N(c3ccccc3)c3ccccc3)c2)cc1. The van der Waals surface area contributed by atoms with Gasteiger partial charge in [0.25, 0.3) is 0 Å². The maximum Gasteiger partial charge on any atom is 0.145 e. The second kappa shape index (κ2) is 15.0. The van der Waals surface area contributed by atoms with Crippen molar-refractivity contribution >= 4 is 56.9 Å². The van der Waals surface area contributed by atoms with Gasteiger partial charge in [-0.25, -0.2) is 4.98 Å². The fraction of sp³-hybridized carbons (Fsp3) is 0. The molecule has 1 aromatic heterocycles. The second-order valence-corrected chi connectivity index (χ2v) is 14.1. The number of rotatable bonds is 10. The molecule has 5 heteroatoms. The van der Waals surface area contributed by atoms with Gasteiger partial charge in [0.2, 0.25) is 0 Å². The number of hydrogen-bond acceptors (Lipinski definition) is 4. The van der Waals surface area contributed by atoms with E-state index in [4.69, 9.17) is 4.98 Å². The summed E-state index contributed by atoms with van der Waals surface area (Å²) >= 11 is 1.76. The van der Waals surface area contributed by atoms with Crippen LogP contribution in [0.3, 0.4) is 0 Å². The second-order valence-electron chi connectivity index (χ2n) is 12.9. The highest BCUT2D eigenvalue weighted by Crippen LogP contribution is 2.42. The van der Waals surface area contributed by atoms with Crippen molar-refractivity contribution in [2.75, 3.05) is 9.80 Å². The summed E-state index contributed by atoms with van der Waals surface area (Å²) in [5.74, 6) is 0.902. The average molecular weight is 713 g/mol. The molecule has 0 unspecified atom stereocenters. The molecule has 0 N–H and O–H groups in total. The third-order valence-electron chi connectivity index (χ3n) is 9.35. The molecule has 0 atom stereocenters. The van der Waals surface area contributed by atoms with Gasteiger partial charge in [0, 0.05) is 49.5 Å². The summed E-state index contributed by atoms with van der Waals surface area (Å²) in [6, 6.07) is 76.8. The van der Waals surface area contributed by atoms with Crippen LogP contribution in [0.2, 0.25) is 0 Å². The van der Waals surface area contributed by atoms with E-state index in [0.29, 0.717) is 0 Å². The molecule has 0 spiro atoms. The number of aromatic nitrogens is 2. The van der Waals surface area contributed by atoms with E-state index in [2.05, 4.69) is 227 Å². The molecule has 258 valence electrons. The number of hydrogen-bond donors (Lipinski definition) is 0. The Labute approximate surface area is 320 Å². The third-order valence-corrected chi connectivity index (χ3v) is 10.3. The molecule has 0 radical (unpaired) electrons. The lowest BCUT2D eigenvalue weighted by Crippen LogP contribution is -2.11. The zero-order chi connectivity index (χ0) is 36.1. The van der Waals surface area contributed by atoms with Crippen molar-refractivity contribution in [3.05, 3.63) is 218 Å². The first-order valence-electron chi connectivity index (χ1n) is 18.1. The number of fused-ring (bicyclic) bond motifs is 1. The molecule has 8 aromatic carbocycles. The van der Waals surface area contributed by atoms with Crippen LogP contribution in [0, 0.1) is 0 Å². The highest BCUT2D eigenvalue weighted by atomic mass is 32.2. The largest absolute Gasteiger partial charge is 0.310 e. The topological polar surface area (TPSA) is 24.3 Å². The smallest absolute Gasteiger partial charge is 0.145 e. The van der Waals surface area contributed by atoms with Crippen molar-refractivity contribution in [1.29, 1.82) is 0 Å². The zero-order valence-corrected chi connectivity index (χ0v) is 30.3. The minimum Gasteiger partial charge on any atom is -0.310 e. The van der Waals surface area contributed by atoms with Gasteiger partial charge in [-0.1, -0.05) is 133 Å². The maximum atomic E-state index is 5.19. The van der Waals surface area contributed by atoms with Crippen molar-refractivity contribution in [2.24, 2.45) is 0 Å². The number of benzene rings is 8. The summed E-state index contributed by atoms with van der Waals surface area (Å²) in [4.78, 5) is 12.1. The van der Waals surface area contributed by atoms with E-state index in [0.717, 1.165) is 72.0 Å². The Morgan fingerprint density at radius 1 is 0.370 bits per heavy atom. The minimum absolute atomic E-state index is 0.902. The van der Waals surface area contributed by atoms with Gasteiger partial charge in [-0.2, -0.15) is 0 Å². The van der Waals surface area contributed by atoms with E-state index in [1.807, 2.05) is 6.07 Å². The Hall–Kier alpha value is -6.82. The van der Waals surface area contributed by atoms with Crippen LogP contribution in [0.5, 0.6) is 0 Å². The Morgan fingerprint density at radius 2 is 0.833 bits per heavy atom. The van der Waals surface area contributed by atoms with Crippen molar-refractivity contribution in [3.8, 4) is 17.1 Å². The van der Waals surface area contributed by atoms with E-state index in [1.54, 1.807) is 11.8 Å². The molecule has 1 heterocycles. The normalized spacial score (nSPS) is 11.0. The molecule has 0 amide bonds. The van der Waals surface area contributed by atoms with Crippen LogP contribution in [-0.4, -0.2) is 9.55 Å². The summed E-state index contributed by atoms with van der Waals surface area (Å²) in [6.45, 7) is 0. The number of imidazole rings is 1. The summed E-state index contributed by atoms with van der Waals surface area (Å²) in [5, 5.41) is 0. The van der Waals surface area contributed by atoms with Gasteiger partial charge >= 0.3 is 0 Å². The first-order chi connectivity index (χ1) is 26.8. The summed E-state index contributed by atoms with van der Waals surface area (Å²) in [5.41, 5.74) is 10.6. The molecule has 9 aromatic rings. The highest BCUT2D eigenvalue weighted by Gasteiger charge is 2.20. The third kappa shape index (κ3) is 6.76. The molecule has 0 aliphatic carbocycles. The molecule has 9 rings (SSSR count). The lowest BCUT2D eigenvalue weighted by atomic mass is 10.1. The lowest BCUT2D eigenvalue weighted by molar-refractivity contribution is 1.09. The minimum atomic E-state index is 0.902. The van der Waals surface area contributed by atoms with E-state index in [1.165, 1.54) is 0 Å². The van der Waals surface area contributed by atoms with Crippen LogP contribution >= 0.6 is 11.8 Å². The monoisotopic (exact) mass is 712 g/mol. The summed E-state index contributed by atoms with van der Waals surface area (Å²) in [6.07, 6.45) is 0. The Kier molecular flexibility index (Phi) is 9.20. The van der Waals surface area contributed by atoms with Crippen molar-refractivity contribution in [3.63, 3.8) is 0 Å². The Balaban J connectivity index is 1.22. The Morgan fingerprint density at radius 3 is 1.41 bits per heavy atom. The van der Waals surface area contributed by atoms with Gasteiger partial charge in [-0.05, 0) is 97.1 Å². The molecule has 0 saturated heterocycles. The van der Waals surface area contributed by atoms with Gasteiger partial charge in [-0.15, -0.1) is 0 Å². The molecule has 0 fully saturated rings. The van der Waals surface area contributed by atoms with Crippen LogP contribution in [0.25, 0.3) is 28.1 Å². The van der Waals surface area contributed by atoms with Gasteiger partial charge < -0.3 is 9.80 Å². The number of anilines is 6. The van der Waals surface area contributed by atoms with Gasteiger partial charge in [0.15, 0.2) is 0 Å². The molecule has 0 aliphatic rings.